The van der Waals surface area contributed by atoms with E-state index in [4.69, 9.17) is 8.83 Å². The number of carbonyl (C=O) groups excluding carboxylic acids is 1. The Morgan fingerprint density at radius 2 is 1.67 bits per heavy atom. The molecule has 6 heteroatoms. The van der Waals surface area contributed by atoms with Gasteiger partial charge in [-0.2, -0.15) is 0 Å². The number of furan rings is 1. The lowest BCUT2D eigenvalue weighted by Crippen LogP contribution is -2.31. The topological polar surface area (TPSA) is 92.7 Å². The van der Waals surface area contributed by atoms with Crippen molar-refractivity contribution in [3.8, 4) is 0 Å². The van der Waals surface area contributed by atoms with Crippen LogP contribution in [0.2, 0.25) is 0 Å². The van der Waals surface area contributed by atoms with Crippen LogP contribution in [0.4, 0.5) is 0 Å². The molecule has 154 valence electrons. The summed E-state index contributed by atoms with van der Waals surface area (Å²) in [5.41, 5.74) is 3.33. The second-order valence-electron chi connectivity index (χ2n) is 7.53. The lowest BCUT2D eigenvalue weighted by molar-refractivity contribution is -0.120. The number of nitrogens with one attached hydrogen (secondary N) is 1. The van der Waals surface area contributed by atoms with Gasteiger partial charge in [-0.1, -0.05) is 30.3 Å². The Kier molecular flexibility index (Phi) is 5.18. The number of amides is 1. The first kappa shape index (κ1) is 19.9. The fourth-order valence-corrected chi connectivity index (χ4v) is 3.66. The van der Waals surface area contributed by atoms with Gasteiger partial charge in [0.25, 0.3) is 0 Å². The van der Waals surface area contributed by atoms with E-state index < -0.39 is 11.7 Å². The third-order valence-corrected chi connectivity index (χ3v) is 5.60. The lowest BCUT2D eigenvalue weighted by Gasteiger charge is -2.13. The number of fused-ring (bicyclic) bond motifs is 2. The van der Waals surface area contributed by atoms with E-state index in [2.05, 4.69) is 5.32 Å². The van der Waals surface area contributed by atoms with Crippen molar-refractivity contribution in [2.75, 3.05) is 6.54 Å². The molecule has 0 aliphatic rings. The molecule has 0 unspecified atom stereocenters. The Hall–Kier alpha value is -3.38. The molecule has 2 N–H and O–H groups in total. The van der Waals surface area contributed by atoms with E-state index in [1.54, 1.807) is 18.2 Å². The van der Waals surface area contributed by atoms with Crippen LogP contribution in [-0.2, 0) is 11.2 Å². The summed E-state index contributed by atoms with van der Waals surface area (Å²) in [5, 5.41) is 14.6. The van der Waals surface area contributed by atoms with Crippen molar-refractivity contribution in [1.82, 2.24) is 5.32 Å². The quantitative estimate of drug-likeness (QED) is 0.492. The van der Waals surface area contributed by atoms with Crippen LogP contribution in [0.15, 0.2) is 56.1 Å². The maximum absolute atomic E-state index is 12.5. The van der Waals surface area contributed by atoms with Crippen LogP contribution in [0, 0.1) is 20.8 Å². The molecule has 2 aromatic heterocycles. The van der Waals surface area contributed by atoms with E-state index in [9.17, 15) is 14.7 Å². The highest BCUT2D eigenvalue weighted by Crippen LogP contribution is 2.31. The minimum absolute atomic E-state index is 0.0644. The summed E-state index contributed by atoms with van der Waals surface area (Å²) < 4.78 is 11.2. The highest BCUT2D eigenvalue weighted by molar-refractivity contribution is 5.97. The van der Waals surface area contributed by atoms with Crippen molar-refractivity contribution >= 4 is 27.8 Å². The Balaban J connectivity index is 1.59. The Morgan fingerprint density at radius 1 is 1.00 bits per heavy atom. The van der Waals surface area contributed by atoms with Gasteiger partial charge in [-0.3, -0.25) is 4.79 Å². The summed E-state index contributed by atoms with van der Waals surface area (Å²) in [6, 6.07) is 12.7. The number of hydrogen-bond donors (Lipinski definition) is 2. The van der Waals surface area contributed by atoms with Crippen molar-refractivity contribution in [3.63, 3.8) is 0 Å². The van der Waals surface area contributed by atoms with Crippen LogP contribution in [0.1, 0.15) is 34.1 Å². The van der Waals surface area contributed by atoms with Crippen molar-refractivity contribution in [2.45, 2.75) is 33.3 Å². The maximum Gasteiger partial charge on any atom is 0.340 e. The molecule has 0 saturated heterocycles. The molecule has 1 amide bonds. The Bertz CT molecular complexity index is 1300. The number of benzene rings is 2. The predicted molar refractivity (Wildman–Crippen MR) is 115 cm³/mol. The van der Waals surface area contributed by atoms with Gasteiger partial charge in [-0.25, -0.2) is 4.79 Å². The largest absolute Gasteiger partial charge is 0.461 e. The van der Waals surface area contributed by atoms with E-state index in [1.807, 2.05) is 45.0 Å². The fraction of sp³-hybridized carbons (Fsp3) is 0.250. The van der Waals surface area contributed by atoms with Crippen molar-refractivity contribution in [2.24, 2.45) is 0 Å². The highest BCUT2D eigenvalue weighted by atomic mass is 16.4. The molecule has 0 aliphatic carbocycles. The van der Waals surface area contributed by atoms with Gasteiger partial charge in [0, 0.05) is 23.4 Å². The number of aliphatic hydroxyl groups excluding tert-OH is 1. The predicted octanol–water partition coefficient (Wildman–Crippen LogP) is 3.86. The average molecular weight is 405 g/mol. The van der Waals surface area contributed by atoms with E-state index in [-0.39, 0.29) is 18.9 Å². The average Bonchev–Trinajstić information content (AvgIpc) is 3.01. The summed E-state index contributed by atoms with van der Waals surface area (Å²) in [7, 11) is 0. The standard InChI is InChI=1S/C24H23NO5/c1-13-15(3)29-21-11-22-18(9-17(13)21)14(2)19(24(28)30-22)10-23(27)25-12-20(26)16-7-5-4-6-8-16/h4-9,11,20,26H,10,12H2,1-3H3,(H,25,27)/t20-/m1/s1. The van der Waals surface area contributed by atoms with E-state index in [0.717, 1.165) is 22.1 Å². The van der Waals surface area contributed by atoms with Crippen LogP contribution in [0.3, 0.4) is 0 Å². The molecule has 6 nitrogen and oxygen atoms in total. The van der Waals surface area contributed by atoms with Crippen LogP contribution in [0.25, 0.3) is 21.9 Å². The summed E-state index contributed by atoms with van der Waals surface area (Å²) in [6.45, 7) is 5.75. The number of rotatable bonds is 5. The second-order valence-corrected chi connectivity index (χ2v) is 7.53. The van der Waals surface area contributed by atoms with Gasteiger partial charge < -0.3 is 19.3 Å². The van der Waals surface area contributed by atoms with Crippen molar-refractivity contribution in [3.05, 3.63) is 80.9 Å². The lowest BCUT2D eigenvalue weighted by atomic mass is 10.0. The molecule has 0 spiro atoms. The smallest absolute Gasteiger partial charge is 0.340 e. The number of hydrogen-bond acceptors (Lipinski definition) is 5. The zero-order valence-electron chi connectivity index (χ0n) is 17.1. The summed E-state index contributed by atoms with van der Waals surface area (Å²) in [5.74, 6) is 0.466. The molecule has 30 heavy (non-hydrogen) atoms. The van der Waals surface area contributed by atoms with Gasteiger partial charge in [-0.15, -0.1) is 0 Å². The monoisotopic (exact) mass is 405 g/mol. The molecule has 0 radical (unpaired) electrons. The molecule has 2 aromatic carbocycles. The Morgan fingerprint density at radius 3 is 2.40 bits per heavy atom. The van der Waals surface area contributed by atoms with E-state index in [1.165, 1.54) is 0 Å². The highest BCUT2D eigenvalue weighted by Gasteiger charge is 2.18. The minimum atomic E-state index is -0.815. The third kappa shape index (κ3) is 3.62. The summed E-state index contributed by atoms with van der Waals surface area (Å²) in [4.78, 5) is 25.0. The van der Waals surface area contributed by atoms with Crippen LogP contribution < -0.4 is 10.9 Å². The van der Waals surface area contributed by atoms with Gasteiger partial charge in [0.15, 0.2) is 0 Å². The first-order chi connectivity index (χ1) is 14.3. The minimum Gasteiger partial charge on any atom is -0.461 e. The fourth-order valence-electron chi connectivity index (χ4n) is 3.66. The third-order valence-electron chi connectivity index (χ3n) is 5.60. The molecular formula is C24H23NO5. The molecule has 1 atom stereocenters. The molecular weight excluding hydrogens is 382 g/mol. The first-order valence-corrected chi connectivity index (χ1v) is 9.81. The number of carbonyl (C=O) groups is 1. The molecule has 0 bridgehead atoms. The SMILES string of the molecule is Cc1oc2cc3oc(=O)c(CC(=O)NC[C@@H](O)c4ccccc4)c(C)c3cc2c1C. The van der Waals surface area contributed by atoms with Gasteiger partial charge >= 0.3 is 5.63 Å². The molecule has 0 saturated carbocycles. The molecule has 4 rings (SSSR count). The number of aryl methyl sites for hydroxylation is 3. The summed E-state index contributed by atoms with van der Waals surface area (Å²) in [6.07, 6.45) is -0.933. The number of aliphatic hydroxyl groups is 1. The van der Waals surface area contributed by atoms with Crippen LogP contribution in [-0.4, -0.2) is 17.6 Å². The van der Waals surface area contributed by atoms with Crippen molar-refractivity contribution < 1.29 is 18.7 Å². The van der Waals surface area contributed by atoms with Gasteiger partial charge in [0.1, 0.15) is 16.9 Å². The molecule has 2 heterocycles. The van der Waals surface area contributed by atoms with E-state index in [0.29, 0.717) is 27.9 Å². The normalized spacial score (nSPS) is 12.4. The molecule has 0 fully saturated rings. The van der Waals surface area contributed by atoms with Crippen LogP contribution in [0.5, 0.6) is 0 Å². The van der Waals surface area contributed by atoms with Gasteiger partial charge in [0.05, 0.1) is 18.1 Å². The summed E-state index contributed by atoms with van der Waals surface area (Å²) >= 11 is 0. The first-order valence-electron chi connectivity index (χ1n) is 9.81. The molecule has 4 aromatic rings. The van der Waals surface area contributed by atoms with Crippen molar-refractivity contribution in [1.29, 1.82) is 0 Å². The van der Waals surface area contributed by atoms with Gasteiger partial charge in [-0.05, 0) is 43.5 Å². The second kappa shape index (κ2) is 7.80. The molecule has 0 aliphatic heterocycles. The maximum atomic E-state index is 12.5. The Labute approximate surface area is 173 Å². The zero-order valence-corrected chi connectivity index (χ0v) is 17.1. The van der Waals surface area contributed by atoms with E-state index >= 15 is 0 Å². The van der Waals surface area contributed by atoms with Gasteiger partial charge in [0.2, 0.25) is 5.91 Å². The van der Waals surface area contributed by atoms with Crippen LogP contribution >= 0.6 is 0 Å². The zero-order chi connectivity index (χ0) is 21.4.